The van der Waals surface area contributed by atoms with E-state index < -0.39 is 0 Å². The van der Waals surface area contributed by atoms with Crippen molar-refractivity contribution in [2.45, 2.75) is 25.4 Å². The third kappa shape index (κ3) is 6.07. The number of nitrogens with zero attached hydrogens (tertiary/aromatic N) is 2. The molecule has 0 saturated carbocycles. The molecule has 27 heavy (non-hydrogen) atoms. The van der Waals surface area contributed by atoms with Crippen molar-refractivity contribution in [1.29, 1.82) is 0 Å². The number of primary amides is 1. The number of rotatable bonds is 5. The minimum absolute atomic E-state index is 0. The third-order valence-electron chi connectivity index (χ3n) is 4.86. The normalized spacial score (nSPS) is 16.0. The molecule has 2 aromatic rings. The zero-order valence-corrected chi connectivity index (χ0v) is 18.0. The Labute approximate surface area is 177 Å². The predicted molar refractivity (Wildman–Crippen MR) is 121 cm³/mol. The Hall–Kier alpha value is -1.87. The van der Waals surface area contributed by atoms with Crippen LogP contribution in [0.4, 0.5) is 0 Å². The van der Waals surface area contributed by atoms with Crippen LogP contribution in [0.2, 0.25) is 0 Å². The van der Waals surface area contributed by atoms with Crippen molar-refractivity contribution in [3.05, 3.63) is 48.0 Å². The van der Waals surface area contributed by atoms with Crippen molar-refractivity contribution < 1.29 is 4.79 Å². The van der Waals surface area contributed by atoms with Crippen LogP contribution in [0.5, 0.6) is 0 Å². The second kappa shape index (κ2) is 10.5. The lowest BCUT2D eigenvalue weighted by atomic mass is 10.0. The number of carbonyl (C=O) groups excluding carboxylic acids is 1. The summed E-state index contributed by atoms with van der Waals surface area (Å²) in [6.07, 6.45) is 1.95. The monoisotopic (exact) mass is 481 g/mol. The summed E-state index contributed by atoms with van der Waals surface area (Å²) in [6, 6.07) is 15.1. The first-order chi connectivity index (χ1) is 12.7. The molecule has 6 nitrogen and oxygen atoms in total. The number of guanidine groups is 1. The fourth-order valence-electron chi connectivity index (χ4n) is 3.47. The van der Waals surface area contributed by atoms with E-state index in [1.54, 1.807) is 7.05 Å². The van der Waals surface area contributed by atoms with Gasteiger partial charge in [-0.15, -0.1) is 24.0 Å². The summed E-state index contributed by atoms with van der Waals surface area (Å²) in [6.45, 7) is 2.82. The number of aliphatic imine (C=N–C) groups is 1. The van der Waals surface area contributed by atoms with Gasteiger partial charge in [0.2, 0.25) is 5.91 Å². The molecule has 1 saturated heterocycles. The van der Waals surface area contributed by atoms with Gasteiger partial charge in [0.05, 0.1) is 6.54 Å². The molecule has 1 aliphatic heterocycles. The van der Waals surface area contributed by atoms with Crippen LogP contribution < -0.4 is 16.4 Å². The summed E-state index contributed by atoms with van der Waals surface area (Å²) in [4.78, 5) is 17.5. The predicted octanol–water partition coefficient (Wildman–Crippen LogP) is 2.07. The van der Waals surface area contributed by atoms with Gasteiger partial charge < -0.3 is 16.4 Å². The van der Waals surface area contributed by atoms with Gasteiger partial charge in [0.25, 0.3) is 0 Å². The van der Waals surface area contributed by atoms with E-state index in [0.717, 1.165) is 38.4 Å². The fraction of sp³-hybridized carbons (Fsp3) is 0.400. The largest absolute Gasteiger partial charge is 0.369 e. The average Bonchev–Trinajstić information content (AvgIpc) is 2.66. The van der Waals surface area contributed by atoms with Crippen LogP contribution in [0, 0.1) is 0 Å². The van der Waals surface area contributed by atoms with Gasteiger partial charge in [0.15, 0.2) is 5.96 Å². The van der Waals surface area contributed by atoms with Gasteiger partial charge in [0, 0.05) is 32.7 Å². The summed E-state index contributed by atoms with van der Waals surface area (Å²) in [5.74, 6) is 0.551. The summed E-state index contributed by atoms with van der Waals surface area (Å²) in [7, 11) is 1.79. The number of carbonyl (C=O) groups is 1. The first kappa shape index (κ1) is 21.4. The van der Waals surface area contributed by atoms with Gasteiger partial charge in [-0.3, -0.25) is 14.7 Å². The number of fused-ring (bicyclic) bond motifs is 1. The number of amides is 1. The van der Waals surface area contributed by atoms with Crippen molar-refractivity contribution in [3.8, 4) is 0 Å². The molecular formula is C20H28IN5O. The van der Waals surface area contributed by atoms with Gasteiger partial charge in [-0.05, 0) is 29.2 Å². The van der Waals surface area contributed by atoms with Crippen LogP contribution in [0.3, 0.4) is 0 Å². The maximum absolute atomic E-state index is 11.0. The molecule has 0 aromatic heterocycles. The molecule has 1 fully saturated rings. The highest BCUT2D eigenvalue weighted by molar-refractivity contribution is 14.0. The highest BCUT2D eigenvalue weighted by Crippen LogP contribution is 2.18. The Bertz CT molecular complexity index is 782. The Morgan fingerprint density at radius 1 is 1.19 bits per heavy atom. The molecule has 3 rings (SSSR count). The molecule has 4 N–H and O–H groups in total. The van der Waals surface area contributed by atoms with Crippen LogP contribution in [-0.2, 0) is 11.3 Å². The summed E-state index contributed by atoms with van der Waals surface area (Å²) in [5, 5.41) is 9.42. The molecule has 1 heterocycles. The molecule has 0 aliphatic carbocycles. The summed E-state index contributed by atoms with van der Waals surface area (Å²) in [5.41, 5.74) is 6.52. The van der Waals surface area contributed by atoms with E-state index in [-0.39, 0.29) is 29.9 Å². The van der Waals surface area contributed by atoms with Crippen molar-refractivity contribution >= 4 is 46.6 Å². The van der Waals surface area contributed by atoms with Crippen LogP contribution >= 0.6 is 24.0 Å². The molecular weight excluding hydrogens is 453 g/mol. The van der Waals surface area contributed by atoms with Crippen LogP contribution in [0.1, 0.15) is 18.4 Å². The molecule has 0 atom stereocenters. The molecule has 7 heteroatoms. The summed E-state index contributed by atoms with van der Waals surface area (Å²) < 4.78 is 0. The molecule has 2 aromatic carbocycles. The third-order valence-corrected chi connectivity index (χ3v) is 4.86. The fourth-order valence-corrected chi connectivity index (χ4v) is 3.47. The number of halogens is 1. The van der Waals surface area contributed by atoms with Crippen molar-refractivity contribution in [1.82, 2.24) is 15.5 Å². The van der Waals surface area contributed by atoms with E-state index in [9.17, 15) is 4.79 Å². The number of hydrogen-bond acceptors (Lipinski definition) is 3. The Kier molecular flexibility index (Phi) is 8.30. The van der Waals surface area contributed by atoms with E-state index >= 15 is 0 Å². The maximum atomic E-state index is 11.0. The van der Waals surface area contributed by atoms with E-state index in [0.29, 0.717) is 12.6 Å². The lowest BCUT2D eigenvalue weighted by molar-refractivity contribution is -0.119. The lowest BCUT2D eigenvalue weighted by Crippen LogP contribution is -2.49. The van der Waals surface area contributed by atoms with Gasteiger partial charge in [-0.2, -0.15) is 0 Å². The first-order valence-corrected chi connectivity index (χ1v) is 9.10. The van der Waals surface area contributed by atoms with Crippen molar-refractivity contribution in [2.75, 3.05) is 26.7 Å². The second-order valence-corrected chi connectivity index (χ2v) is 6.73. The zero-order valence-electron chi connectivity index (χ0n) is 15.6. The smallest absolute Gasteiger partial charge is 0.231 e. The maximum Gasteiger partial charge on any atom is 0.231 e. The lowest BCUT2D eigenvalue weighted by Gasteiger charge is -2.32. The Balaban J connectivity index is 0.00000261. The number of hydrogen-bond donors (Lipinski definition) is 3. The van der Waals surface area contributed by atoms with E-state index in [4.69, 9.17) is 5.73 Å². The van der Waals surface area contributed by atoms with Crippen LogP contribution in [0.25, 0.3) is 10.8 Å². The van der Waals surface area contributed by atoms with Crippen molar-refractivity contribution in [3.63, 3.8) is 0 Å². The van der Waals surface area contributed by atoms with E-state index in [1.807, 2.05) is 0 Å². The molecule has 1 amide bonds. The molecule has 146 valence electrons. The molecule has 0 spiro atoms. The minimum Gasteiger partial charge on any atom is -0.369 e. The number of nitrogens with two attached hydrogens (primary N) is 1. The van der Waals surface area contributed by atoms with Gasteiger partial charge in [-0.1, -0.05) is 42.5 Å². The van der Waals surface area contributed by atoms with Gasteiger partial charge in [0.1, 0.15) is 0 Å². The summed E-state index contributed by atoms with van der Waals surface area (Å²) >= 11 is 0. The Morgan fingerprint density at radius 2 is 1.89 bits per heavy atom. The number of piperidine rings is 1. The van der Waals surface area contributed by atoms with Crippen LogP contribution in [-0.4, -0.2) is 49.5 Å². The van der Waals surface area contributed by atoms with Crippen molar-refractivity contribution in [2.24, 2.45) is 10.7 Å². The molecule has 1 aliphatic rings. The van der Waals surface area contributed by atoms with E-state index in [1.165, 1.54) is 16.3 Å². The number of benzene rings is 2. The quantitative estimate of drug-likeness (QED) is 0.347. The van der Waals surface area contributed by atoms with E-state index in [2.05, 4.69) is 63.0 Å². The molecule has 0 bridgehead atoms. The highest BCUT2D eigenvalue weighted by Gasteiger charge is 2.20. The standard InChI is InChI=1S/C20H27N5O.HI/c1-22-20(24-17-9-11-25(12-10-17)14-19(21)26)23-13-16-7-4-6-15-5-2-3-8-18(15)16;/h2-8,17H,9-14H2,1H3,(H2,21,26)(H2,22,23,24);1H. The second-order valence-electron chi connectivity index (χ2n) is 6.73. The van der Waals surface area contributed by atoms with Gasteiger partial charge >= 0.3 is 0 Å². The average molecular weight is 481 g/mol. The SMILES string of the molecule is CN=C(NCc1cccc2ccccc12)NC1CCN(CC(N)=O)CC1.I. The minimum atomic E-state index is -0.260. The topological polar surface area (TPSA) is 82.8 Å². The Morgan fingerprint density at radius 3 is 2.59 bits per heavy atom. The highest BCUT2D eigenvalue weighted by atomic mass is 127. The molecule has 0 radical (unpaired) electrons. The van der Waals surface area contributed by atoms with Crippen LogP contribution in [0.15, 0.2) is 47.5 Å². The molecule has 0 unspecified atom stereocenters. The number of nitrogens with one attached hydrogen (secondary N) is 2. The zero-order chi connectivity index (χ0) is 18.4. The number of likely N-dealkylation sites (tertiary alicyclic amines) is 1. The van der Waals surface area contributed by atoms with Gasteiger partial charge in [-0.25, -0.2) is 0 Å². The first-order valence-electron chi connectivity index (χ1n) is 9.10.